The molecular weight excluding hydrogens is 254 g/mol. The van der Waals surface area contributed by atoms with Gasteiger partial charge in [0.15, 0.2) is 0 Å². The van der Waals surface area contributed by atoms with Crippen LogP contribution in [0.3, 0.4) is 0 Å². The van der Waals surface area contributed by atoms with Crippen molar-refractivity contribution in [3.05, 3.63) is 47.3 Å². The first-order valence-electron chi connectivity index (χ1n) is 6.70. The van der Waals surface area contributed by atoms with E-state index in [4.69, 9.17) is 10.5 Å². The Morgan fingerprint density at radius 3 is 2.75 bits per heavy atom. The molecule has 0 radical (unpaired) electrons. The predicted molar refractivity (Wildman–Crippen MR) is 77.5 cm³/mol. The quantitative estimate of drug-likeness (QED) is 0.835. The van der Waals surface area contributed by atoms with Gasteiger partial charge in [-0.1, -0.05) is 18.2 Å². The van der Waals surface area contributed by atoms with E-state index in [0.29, 0.717) is 13.1 Å². The van der Waals surface area contributed by atoms with Gasteiger partial charge in [-0.15, -0.1) is 0 Å². The van der Waals surface area contributed by atoms with Crippen molar-refractivity contribution >= 4 is 0 Å². The third-order valence-electron chi connectivity index (χ3n) is 3.11. The van der Waals surface area contributed by atoms with Crippen molar-refractivity contribution < 1.29 is 9.84 Å². The highest BCUT2D eigenvalue weighted by atomic mass is 16.5. The molecule has 0 saturated heterocycles. The highest BCUT2D eigenvalue weighted by Crippen LogP contribution is 2.17. The van der Waals surface area contributed by atoms with E-state index in [0.717, 1.165) is 22.7 Å². The molecule has 5 nitrogen and oxygen atoms in total. The Bertz CT molecular complexity index is 566. The molecule has 0 aliphatic rings. The predicted octanol–water partition coefficient (Wildman–Crippen LogP) is 1.40. The molecule has 1 heterocycles. The molecule has 2 aromatic rings. The summed E-state index contributed by atoms with van der Waals surface area (Å²) < 4.78 is 7.43. The molecule has 1 unspecified atom stereocenters. The fraction of sp³-hybridized carbons (Fsp3) is 0.400. The Balaban J connectivity index is 1.92. The second-order valence-corrected chi connectivity index (χ2v) is 4.89. The van der Waals surface area contributed by atoms with Gasteiger partial charge in [0.1, 0.15) is 18.5 Å². The summed E-state index contributed by atoms with van der Waals surface area (Å²) in [6, 6.07) is 9.57. The molecule has 3 N–H and O–H groups in total. The maximum absolute atomic E-state index is 10.0. The number of hydrogen-bond acceptors (Lipinski definition) is 4. The van der Waals surface area contributed by atoms with Crippen molar-refractivity contribution in [3.8, 4) is 5.75 Å². The smallest absolute Gasteiger partial charge is 0.123 e. The Morgan fingerprint density at radius 1 is 1.35 bits per heavy atom. The second-order valence-electron chi connectivity index (χ2n) is 4.89. The first-order valence-corrected chi connectivity index (χ1v) is 6.70. The van der Waals surface area contributed by atoms with E-state index in [2.05, 4.69) is 5.10 Å². The number of aryl methyl sites for hydroxylation is 2. The molecule has 0 aliphatic carbocycles. The molecule has 5 heteroatoms. The van der Waals surface area contributed by atoms with Crippen molar-refractivity contribution in [3.63, 3.8) is 0 Å². The third kappa shape index (κ3) is 3.59. The minimum Gasteiger partial charge on any atom is -0.490 e. The van der Waals surface area contributed by atoms with Crippen LogP contribution in [0.1, 0.15) is 17.0 Å². The van der Waals surface area contributed by atoms with Crippen LogP contribution in [-0.2, 0) is 13.1 Å². The van der Waals surface area contributed by atoms with Crippen LogP contribution in [0.15, 0.2) is 30.3 Å². The number of aliphatic hydroxyl groups excluding tert-OH is 1. The van der Waals surface area contributed by atoms with Gasteiger partial charge >= 0.3 is 0 Å². The molecule has 0 aliphatic heterocycles. The van der Waals surface area contributed by atoms with Gasteiger partial charge in [0, 0.05) is 17.8 Å². The van der Waals surface area contributed by atoms with Gasteiger partial charge < -0.3 is 15.6 Å². The molecule has 1 aromatic carbocycles. The van der Waals surface area contributed by atoms with Gasteiger partial charge in [-0.05, 0) is 26.0 Å². The number of hydrogen-bond donors (Lipinski definition) is 2. The summed E-state index contributed by atoms with van der Waals surface area (Å²) in [7, 11) is 0. The highest BCUT2D eigenvalue weighted by molar-refractivity contribution is 5.32. The minimum atomic E-state index is -0.612. The Morgan fingerprint density at radius 2 is 2.10 bits per heavy atom. The summed E-state index contributed by atoms with van der Waals surface area (Å²) in [6.07, 6.45) is -0.612. The molecule has 0 spiro atoms. The van der Waals surface area contributed by atoms with Crippen molar-refractivity contribution in [2.75, 3.05) is 6.61 Å². The summed E-state index contributed by atoms with van der Waals surface area (Å²) in [6.45, 7) is 4.96. The standard InChI is InChI=1S/C15H21N3O2/c1-11-7-12(2)18(17-11)9-14(19)10-20-15-6-4-3-5-13(15)8-16/h3-7,14,19H,8-10,16H2,1-2H3. The van der Waals surface area contributed by atoms with Gasteiger partial charge in [0.05, 0.1) is 12.2 Å². The summed E-state index contributed by atoms with van der Waals surface area (Å²) >= 11 is 0. The fourth-order valence-corrected chi connectivity index (χ4v) is 2.11. The van der Waals surface area contributed by atoms with Crippen molar-refractivity contribution in [1.82, 2.24) is 9.78 Å². The van der Waals surface area contributed by atoms with Crippen molar-refractivity contribution in [2.45, 2.75) is 33.0 Å². The Hall–Kier alpha value is -1.85. The average molecular weight is 275 g/mol. The van der Waals surface area contributed by atoms with Crippen LogP contribution < -0.4 is 10.5 Å². The number of aromatic nitrogens is 2. The third-order valence-corrected chi connectivity index (χ3v) is 3.11. The summed E-state index contributed by atoms with van der Waals surface area (Å²) in [5, 5.41) is 14.4. The first kappa shape index (κ1) is 14.6. The lowest BCUT2D eigenvalue weighted by atomic mass is 10.2. The van der Waals surface area contributed by atoms with E-state index < -0.39 is 6.10 Å². The molecule has 20 heavy (non-hydrogen) atoms. The molecule has 2 rings (SSSR count). The lowest BCUT2D eigenvalue weighted by Crippen LogP contribution is -2.25. The topological polar surface area (TPSA) is 73.3 Å². The number of rotatable bonds is 6. The molecule has 108 valence electrons. The van der Waals surface area contributed by atoms with Crippen LogP contribution in [0, 0.1) is 13.8 Å². The maximum atomic E-state index is 10.0. The van der Waals surface area contributed by atoms with Crippen LogP contribution in [0.2, 0.25) is 0 Å². The number of para-hydroxylation sites is 1. The zero-order chi connectivity index (χ0) is 14.5. The molecule has 0 amide bonds. The molecule has 0 fully saturated rings. The van der Waals surface area contributed by atoms with Crippen molar-refractivity contribution in [2.24, 2.45) is 5.73 Å². The zero-order valence-electron chi connectivity index (χ0n) is 11.9. The van der Waals surface area contributed by atoms with Crippen LogP contribution in [0.4, 0.5) is 0 Å². The van der Waals surface area contributed by atoms with Gasteiger partial charge in [0.25, 0.3) is 0 Å². The molecule has 1 aromatic heterocycles. The van der Waals surface area contributed by atoms with E-state index in [1.807, 2.05) is 44.2 Å². The summed E-state index contributed by atoms with van der Waals surface area (Å²) in [4.78, 5) is 0. The van der Waals surface area contributed by atoms with Gasteiger partial charge in [-0.3, -0.25) is 4.68 Å². The van der Waals surface area contributed by atoms with Crippen LogP contribution in [0.25, 0.3) is 0 Å². The lowest BCUT2D eigenvalue weighted by Gasteiger charge is -2.15. The summed E-state index contributed by atoms with van der Waals surface area (Å²) in [5.41, 5.74) is 8.56. The second kappa shape index (κ2) is 6.54. The molecule has 0 bridgehead atoms. The Kier molecular flexibility index (Phi) is 4.76. The minimum absolute atomic E-state index is 0.218. The van der Waals surface area contributed by atoms with Crippen molar-refractivity contribution in [1.29, 1.82) is 0 Å². The average Bonchev–Trinajstić information content (AvgIpc) is 2.75. The molecule has 0 saturated carbocycles. The van der Waals surface area contributed by atoms with E-state index in [9.17, 15) is 5.11 Å². The number of nitrogens with two attached hydrogens (primary N) is 1. The zero-order valence-corrected chi connectivity index (χ0v) is 11.9. The van der Waals surface area contributed by atoms with E-state index in [-0.39, 0.29) is 6.61 Å². The number of benzene rings is 1. The highest BCUT2D eigenvalue weighted by Gasteiger charge is 2.10. The van der Waals surface area contributed by atoms with Crippen LogP contribution >= 0.6 is 0 Å². The van der Waals surface area contributed by atoms with Gasteiger partial charge in [0.2, 0.25) is 0 Å². The van der Waals surface area contributed by atoms with Crippen LogP contribution in [0.5, 0.6) is 5.75 Å². The monoisotopic (exact) mass is 275 g/mol. The number of ether oxygens (including phenoxy) is 1. The summed E-state index contributed by atoms with van der Waals surface area (Å²) in [5.74, 6) is 0.724. The van der Waals surface area contributed by atoms with Crippen LogP contribution in [-0.4, -0.2) is 27.6 Å². The Labute approximate surface area is 119 Å². The number of aliphatic hydroxyl groups is 1. The fourth-order valence-electron chi connectivity index (χ4n) is 2.11. The first-order chi connectivity index (χ1) is 9.60. The van der Waals surface area contributed by atoms with E-state index in [1.165, 1.54) is 0 Å². The van der Waals surface area contributed by atoms with Gasteiger partial charge in [-0.2, -0.15) is 5.10 Å². The van der Waals surface area contributed by atoms with Gasteiger partial charge in [-0.25, -0.2) is 0 Å². The van der Waals surface area contributed by atoms with E-state index >= 15 is 0 Å². The maximum Gasteiger partial charge on any atom is 0.123 e. The van der Waals surface area contributed by atoms with E-state index in [1.54, 1.807) is 4.68 Å². The lowest BCUT2D eigenvalue weighted by molar-refractivity contribution is 0.0882. The normalized spacial score (nSPS) is 12.4. The largest absolute Gasteiger partial charge is 0.490 e. The molecule has 1 atom stereocenters. The molecular formula is C15H21N3O2. The SMILES string of the molecule is Cc1cc(C)n(CC(O)COc2ccccc2CN)n1. The number of nitrogens with zero attached hydrogens (tertiary/aromatic N) is 2.